The third kappa shape index (κ3) is 5.70. The highest BCUT2D eigenvalue weighted by molar-refractivity contribution is 5.76. The minimum Gasteiger partial charge on any atom is -0.492 e. The third-order valence-corrected chi connectivity index (χ3v) is 5.39. The number of hydrogen-bond donors (Lipinski definition) is 0. The number of hydrogen-bond acceptors (Lipinski definition) is 5. The first-order valence-electron chi connectivity index (χ1n) is 10.6. The first kappa shape index (κ1) is 21.1. The Balaban J connectivity index is 1.18. The number of carbonyl (C=O) groups excluding carboxylic acids is 1. The molecule has 0 bridgehead atoms. The summed E-state index contributed by atoms with van der Waals surface area (Å²) in [6, 6.07) is 16.2. The highest BCUT2D eigenvalue weighted by Crippen LogP contribution is 2.23. The summed E-state index contributed by atoms with van der Waals surface area (Å²) in [6.07, 6.45) is 2.24. The van der Waals surface area contributed by atoms with Crippen molar-refractivity contribution in [2.75, 3.05) is 39.3 Å². The van der Waals surface area contributed by atoms with Gasteiger partial charge in [0.05, 0.1) is 11.8 Å². The van der Waals surface area contributed by atoms with Gasteiger partial charge in [-0.2, -0.15) is 0 Å². The van der Waals surface area contributed by atoms with Crippen LogP contribution in [0.5, 0.6) is 5.75 Å². The largest absolute Gasteiger partial charge is 0.492 e. The lowest BCUT2D eigenvalue weighted by Gasteiger charge is -2.34. The van der Waals surface area contributed by atoms with Crippen LogP contribution in [0, 0.1) is 5.82 Å². The van der Waals surface area contributed by atoms with E-state index in [1.165, 1.54) is 12.3 Å². The Kier molecular flexibility index (Phi) is 6.94. The van der Waals surface area contributed by atoms with Crippen LogP contribution in [0.15, 0.2) is 65.2 Å². The number of benzene rings is 2. The Hall–Kier alpha value is -3.19. The molecule has 0 spiro atoms. The molecule has 0 aliphatic carbocycles. The summed E-state index contributed by atoms with van der Waals surface area (Å²) < 4.78 is 25.3. The van der Waals surface area contributed by atoms with Crippen LogP contribution in [-0.4, -0.2) is 60.0 Å². The molecule has 1 saturated heterocycles. The number of rotatable bonds is 8. The van der Waals surface area contributed by atoms with E-state index >= 15 is 0 Å². The molecule has 1 fully saturated rings. The summed E-state index contributed by atoms with van der Waals surface area (Å²) in [4.78, 5) is 20.9. The van der Waals surface area contributed by atoms with Crippen LogP contribution >= 0.6 is 0 Å². The topological polar surface area (TPSA) is 58.8 Å². The van der Waals surface area contributed by atoms with Crippen molar-refractivity contribution in [3.63, 3.8) is 0 Å². The number of para-hydroxylation sites is 1. The number of amides is 1. The summed E-state index contributed by atoms with van der Waals surface area (Å²) >= 11 is 0. The number of nitrogens with zero attached hydrogens (tertiary/aromatic N) is 3. The van der Waals surface area contributed by atoms with Gasteiger partial charge in [0.2, 0.25) is 5.91 Å². The van der Waals surface area contributed by atoms with E-state index in [0.717, 1.165) is 25.4 Å². The SMILES string of the molecule is O=C(CCc1ncc(-c2ccccc2F)o1)N1CCN(CCOc2ccccc2)CC1. The van der Waals surface area contributed by atoms with Crippen molar-refractivity contribution in [2.24, 2.45) is 0 Å². The normalized spacial score (nSPS) is 14.5. The molecule has 1 aromatic heterocycles. The smallest absolute Gasteiger partial charge is 0.223 e. The van der Waals surface area contributed by atoms with Gasteiger partial charge in [-0.3, -0.25) is 9.69 Å². The molecule has 0 radical (unpaired) electrons. The third-order valence-electron chi connectivity index (χ3n) is 5.39. The number of aryl methyl sites for hydroxylation is 1. The van der Waals surface area contributed by atoms with Crippen LogP contribution in [0.2, 0.25) is 0 Å². The second-order valence-corrected chi connectivity index (χ2v) is 7.48. The van der Waals surface area contributed by atoms with Crippen LogP contribution in [0.4, 0.5) is 4.39 Å². The Morgan fingerprint density at radius 3 is 2.55 bits per heavy atom. The average molecular weight is 423 g/mol. The molecular formula is C24H26FN3O3. The Morgan fingerprint density at radius 2 is 1.77 bits per heavy atom. The van der Waals surface area contributed by atoms with E-state index in [2.05, 4.69) is 9.88 Å². The van der Waals surface area contributed by atoms with Crippen molar-refractivity contribution in [1.82, 2.24) is 14.8 Å². The molecule has 1 amide bonds. The second-order valence-electron chi connectivity index (χ2n) is 7.48. The van der Waals surface area contributed by atoms with Gasteiger partial charge < -0.3 is 14.1 Å². The zero-order valence-electron chi connectivity index (χ0n) is 17.4. The molecule has 3 aromatic rings. The van der Waals surface area contributed by atoms with Crippen LogP contribution in [-0.2, 0) is 11.2 Å². The molecule has 162 valence electrons. The van der Waals surface area contributed by atoms with Gasteiger partial charge in [0.15, 0.2) is 11.7 Å². The standard InChI is InChI=1S/C24H26FN3O3/c25-21-9-5-4-8-20(21)22-18-26-23(31-22)10-11-24(29)28-14-12-27(13-15-28)16-17-30-19-6-2-1-3-7-19/h1-9,18H,10-17H2. The fraction of sp³-hybridized carbons (Fsp3) is 0.333. The summed E-state index contributed by atoms with van der Waals surface area (Å²) in [7, 11) is 0. The van der Waals surface area contributed by atoms with Crippen molar-refractivity contribution in [3.05, 3.63) is 72.5 Å². The van der Waals surface area contributed by atoms with E-state index in [9.17, 15) is 9.18 Å². The molecule has 2 heterocycles. The number of aromatic nitrogens is 1. The van der Waals surface area contributed by atoms with Crippen LogP contribution < -0.4 is 4.74 Å². The summed E-state index contributed by atoms with van der Waals surface area (Å²) in [5, 5.41) is 0. The fourth-order valence-electron chi connectivity index (χ4n) is 3.61. The van der Waals surface area contributed by atoms with Crippen LogP contribution in [0.3, 0.4) is 0 Å². The maximum Gasteiger partial charge on any atom is 0.223 e. The predicted molar refractivity (Wildman–Crippen MR) is 115 cm³/mol. The molecule has 0 N–H and O–H groups in total. The maximum atomic E-state index is 13.9. The van der Waals surface area contributed by atoms with Crippen molar-refractivity contribution in [2.45, 2.75) is 12.8 Å². The summed E-state index contributed by atoms with van der Waals surface area (Å²) in [6.45, 7) is 4.55. The lowest BCUT2D eigenvalue weighted by atomic mass is 10.2. The van der Waals surface area contributed by atoms with Gasteiger partial charge in [0.25, 0.3) is 0 Å². The van der Waals surface area contributed by atoms with Crippen molar-refractivity contribution in [1.29, 1.82) is 0 Å². The lowest BCUT2D eigenvalue weighted by Crippen LogP contribution is -2.49. The molecule has 1 aliphatic rings. The fourth-order valence-corrected chi connectivity index (χ4v) is 3.61. The van der Waals surface area contributed by atoms with Crippen molar-refractivity contribution >= 4 is 5.91 Å². The molecule has 7 heteroatoms. The average Bonchev–Trinajstić information content (AvgIpc) is 3.28. The van der Waals surface area contributed by atoms with Crippen LogP contribution in [0.1, 0.15) is 12.3 Å². The van der Waals surface area contributed by atoms with Gasteiger partial charge >= 0.3 is 0 Å². The van der Waals surface area contributed by atoms with Crippen molar-refractivity contribution < 1.29 is 18.3 Å². The lowest BCUT2D eigenvalue weighted by molar-refractivity contribution is -0.133. The first-order chi connectivity index (χ1) is 15.2. The Labute approximate surface area is 181 Å². The number of oxazole rings is 1. The first-order valence-corrected chi connectivity index (χ1v) is 10.6. The summed E-state index contributed by atoms with van der Waals surface area (Å²) in [5.74, 6) is 1.44. The van der Waals surface area contributed by atoms with E-state index in [1.807, 2.05) is 35.2 Å². The van der Waals surface area contributed by atoms with Gasteiger partial charge in [-0.1, -0.05) is 30.3 Å². The van der Waals surface area contributed by atoms with Gasteiger partial charge in [-0.05, 0) is 24.3 Å². The van der Waals surface area contributed by atoms with E-state index in [0.29, 0.717) is 49.8 Å². The zero-order chi connectivity index (χ0) is 21.5. The van der Waals surface area contributed by atoms with Gasteiger partial charge in [0, 0.05) is 45.6 Å². The maximum absolute atomic E-state index is 13.9. The van der Waals surface area contributed by atoms with E-state index in [4.69, 9.17) is 9.15 Å². The van der Waals surface area contributed by atoms with Gasteiger partial charge in [-0.15, -0.1) is 0 Å². The minimum atomic E-state index is -0.353. The van der Waals surface area contributed by atoms with E-state index < -0.39 is 0 Å². The monoisotopic (exact) mass is 423 g/mol. The molecule has 0 atom stereocenters. The molecule has 31 heavy (non-hydrogen) atoms. The molecule has 6 nitrogen and oxygen atoms in total. The highest BCUT2D eigenvalue weighted by Gasteiger charge is 2.21. The van der Waals surface area contributed by atoms with Gasteiger partial charge in [-0.25, -0.2) is 9.37 Å². The van der Waals surface area contributed by atoms with E-state index in [-0.39, 0.29) is 11.7 Å². The van der Waals surface area contributed by atoms with Gasteiger partial charge in [0.1, 0.15) is 18.2 Å². The van der Waals surface area contributed by atoms with Crippen molar-refractivity contribution in [3.8, 4) is 17.1 Å². The zero-order valence-corrected chi connectivity index (χ0v) is 17.4. The quantitative estimate of drug-likeness (QED) is 0.554. The highest BCUT2D eigenvalue weighted by atomic mass is 19.1. The van der Waals surface area contributed by atoms with E-state index in [1.54, 1.807) is 18.2 Å². The van der Waals surface area contributed by atoms with Crippen LogP contribution in [0.25, 0.3) is 11.3 Å². The minimum absolute atomic E-state index is 0.0887. The second kappa shape index (κ2) is 10.2. The molecule has 4 rings (SSSR count). The predicted octanol–water partition coefficient (Wildman–Crippen LogP) is 3.64. The number of halogens is 1. The number of carbonyl (C=O) groups is 1. The molecule has 0 saturated carbocycles. The number of piperazine rings is 1. The summed E-state index contributed by atoms with van der Waals surface area (Å²) in [5.41, 5.74) is 0.375. The Morgan fingerprint density at radius 1 is 1.03 bits per heavy atom. The molecule has 2 aromatic carbocycles. The molecule has 0 unspecified atom stereocenters. The Bertz CT molecular complexity index is 984. The number of ether oxygens (including phenoxy) is 1. The molecular weight excluding hydrogens is 397 g/mol. The molecule has 1 aliphatic heterocycles.